The molecule has 5 heteroatoms. The molecule has 0 aliphatic carbocycles. The van der Waals surface area contributed by atoms with Gasteiger partial charge in [0.25, 0.3) is 0 Å². The van der Waals surface area contributed by atoms with Crippen LogP contribution in [0, 0.1) is 13.8 Å². The molecule has 1 N–H and O–H groups in total. The van der Waals surface area contributed by atoms with E-state index >= 15 is 0 Å². The van der Waals surface area contributed by atoms with Gasteiger partial charge in [0.05, 0.1) is 22.9 Å². The molecule has 0 saturated carbocycles. The van der Waals surface area contributed by atoms with Gasteiger partial charge in [-0.2, -0.15) is 0 Å². The molecule has 5 rings (SSSR count). The summed E-state index contributed by atoms with van der Waals surface area (Å²) in [5, 5.41) is 9.52. The molecule has 0 atom stereocenters. The molecule has 0 fully saturated rings. The molecule has 1 aromatic heterocycles. The predicted molar refractivity (Wildman–Crippen MR) is 120 cm³/mol. The summed E-state index contributed by atoms with van der Waals surface area (Å²) in [6.45, 7) is 5.21. The summed E-state index contributed by atoms with van der Waals surface area (Å²) in [5.41, 5.74) is 8.56. The van der Waals surface area contributed by atoms with Crippen molar-refractivity contribution in [1.29, 1.82) is 0 Å². The van der Waals surface area contributed by atoms with Gasteiger partial charge in [-0.15, -0.1) is 0 Å². The minimum Gasteiger partial charge on any atom is -0.488 e. The number of imidazole rings is 1. The van der Waals surface area contributed by atoms with E-state index in [0.717, 1.165) is 39.0 Å². The zero-order valence-electron chi connectivity index (χ0n) is 17.4. The van der Waals surface area contributed by atoms with Crippen molar-refractivity contribution < 1.29 is 14.6 Å². The van der Waals surface area contributed by atoms with Crippen LogP contribution in [0.2, 0.25) is 0 Å². The van der Waals surface area contributed by atoms with Crippen LogP contribution in [0.5, 0.6) is 5.75 Å². The molecule has 31 heavy (non-hydrogen) atoms. The smallest absolute Gasteiger partial charge is 0.335 e. The average Bonchev–Trinajstić information content (AvgIpc) is 3.07. The van der Waals surface area contributed by atoms with Crippen LogP contribution >= 0.6 is 0 Å². The van der Waals surface area contributed by atoms with Crippen LogP contribution in [0.1, 0.15) is 38.2 Å². The Bertz CT molecular complexity index is 1360. The van der Waals surface area contributed by atoms with Gasteiger partial charge in [0.1, 0.15) is 12.4 Å². The number of hydrogen-bond acceptors (Lipinski definition) is 3. The topological polar surface area (TPSA) is 64.4 Å². The van der Waals surface area contributed by atoms with E-state index in [4.69, 9.17) is 4.74 Å². The van der Waals surface area contributed by atoms with E-state index < -0.39 is 5.97 Å². The molecule has 0 bridgehead atoms. The maximum atomic E-state index is 11.6. The minimum absolute atomic E-state index is 0.267. The normalized spacial score (nSPS) is 14.1. The second kappa shape index (κ2) is 7.43. The Morgan fingerprint density at radius 2 is 1.90 bits per heavy atom. The molecule has 4 aromatic rings. The Labute approximate surface area is 180 Å². The monoisotopic (exact) mass is 410 g/mol. The third-order valence-electron chi connectivity index (χ3n) is 5.94. The highest BCUT2D eigenvalue weighted by Crippen LogP contribution is 2.37. The first kappa shape index (κ1) is 19.1. The lowest BCUT2D eigenvalue weighted by Gasteiger charge is -2.12. The summed E-state index contributed by atoms with van der Waals surface area (Å²) in [5.74, 6) is -0.143. The quantitative estimate of drug-likeness (QED) is 0.493. The van der Waals surface area contributed by atoms with E-state index in [2.05, 4.69) is 41.6 Å². The van der Waals surface area contributed by atoms with Crippen LogP contribution in [-0.4, -0.2) is 20.6 Å². The SMILES string of the molecule is Cc1cc2ncn(C/C=C3\c4cc(C(=O)O)ccc4COc4ccccc43)c2cc1C. The van der Waals surface area contributed by atoms with Gasteiger partial charge < -0.3 is 14.4 Å². The number of fused-ring (bicyclic) bond motifs is 3. The number of allylic oxidation sites excluding steroid dienone is 1. The number of aromatic carboxylic acids is 1. The summed E-state index contributed by atoms with van der Waals surface area (Å²) < 4.78 is 8.15. The van der Waals surface area contributed by atoms with Crippen molar-refractivity contribution in [2.75, 3.05) is 0 Å². The Morgan fingerprint density at radius 1 is 1.10 bits per heavy atom. The Balaban J connectivity index is 1.66. The standard InChI is InChI=1S/C26H22N2O3/c1-16-11-23-24(12-17(16)2)28(15-27-23)10-9-20-21-5-3-4-6-25(21)31-14-19-8-7-18(26(29)30)13-22(19)20/h3-9,11-13,15H,10,14H2,1-2H3,(H,29,30)/b20-9-. The molecule has 154 valence electrons. The van der Waals surface area contributed by atoms with Crippen LogP contribution in [0.25, 0.3) is 16.6 Å². The largest absolute Gasteiger partial charge is 0.488 e. The summed E-state index contributed by atoms with van der Waals surface area (Å²) in [6, 6.07) is 17.4. The Kier molecular flexibility index (Phi) is 4.59. The second-order valence-corrected chi connectivity index (χ2v) is 7.90. The van der Waals surface area contributed by atoms with Crippen LogP contribution in [-0.2, 0) is 13.2 Å². The number of hydrogen-bond donors (Lipinski definition) is 1. The van der Waals surface area contributed by atoms with Crippen molar-refractivity contribution in [3.8, 4) is 5.75 Å². The van der Waals surface area contributed by atoms with E-state index in [1.807, 2.05) is 36.7 Å². The number of carboxylic acids is 1. The number of benzene rings is 3. The van der Waals surface area contributed by atoms with Crippen LogP contribution in [0.4, 0.5) is 0 Å². The lowest BCUT2D eigenvalue weighted by Crippen LogP contribution is -2.02. The van der Waals surface area contributed by atoms with Crippen LogP contribution < -0.4 is 4.74 Å². The van der Waals surface area contributed by atoms with E-state index in [9.17, 15) is 9.90 Å². The molecule has 0 spiro atoms. The third-order valence-corrected chi connectivity index (χ3v) is 5.94. The van der Waals surface area contributed by atoms with E-state index in [1.54, 1.807) is 12.1 Å². The Hall–Kier alpha value is -3.86. The molecular weight excluding hydrogens is 388 g/mol. The lowest BCUT2D eigenvalue weighted by molar-refractivity contribution is 0.0697. The highest BCUT2D eigenvalue weighted by atomic mass is 16.5. The van der Waals surface area contributed by atoms with Gasteiger partial charge in [0.15, 0.2) is 0 Å². The molecule has 2 heterocycles. The minimum atomic E-state index is -0.938. The highest BCUT2D eigenvalue weighted by molar-refractivity contribution is 5.92. The van der Waals surface area contributed by atoms with Gasteiger partial charge in [-0.3, -0.25) is 0 Å². The van der Waals surface area contributed by atoms with Gasteiger partial charge >= 0.3 is 5.97 Å². The average molecular weight is 410 g/mol. The van der Waals surface area contributed by atoms with Crippen molar-refractivity contribution in [2.24, 2.45) is 0 Å². The first-order valence-corrected chi connectivity index (χ1v) is 10.2. The van der Waals surface area contributed by atoms with Crippen molar-refractivity contribution in [1.82, 2.24) is 9.55 Å². The predicted octanol–water partition coefficient (Wildman–Crippen LogP) is 5.38. The first-order valence-electron chi connectivity index (χ1n) is 10.2. The van der Waals surface area contributed by atoms with Gasteiger partial charge in [-0.25, -0.2) is 9.78 Å². The fourth-order valence-corrected chi connectivity index (χ4v) is 4.07. The maximum absolute atomic E-state index is 11.6. The lowest BCUT2D eigenvalue weighted by atomic mass is 9.92. The molecule has 0 radical (unpaired) electrons. The number of carboxylic acid groups (broad SMARTS) is 1. The van der Waals surface area contributed by atoms with Crippen molar-refractivity contribution in [3.05, 3.63) is 100 Å². The van der Waals surface area contributed by atoms with Gasteiger partial charge in [0, 0.05) is 12.1 Å². The van der Waals surface area contributed by atoms with Crippen LogP contribution in [0.15, 0.2) is 67.0 Å². The summed E-state index contributed by atoms with van der Waals surface area (Å²) >= 11 is 0. The highest BCUT2D eigenvalue weighted by Gasteiger charge is 2.20. The number of nitrogens with zero attached hydrogens (tertiary/aromatic N) is 2. The Morgan fingerprint density at radius 3 is 2.74 bits per heavy atom. The summed E-state index contributed by atoms with van der Waals surface area (Å²) in [6.07, 6.45) is 3.99. The van der Waals surface area contributed by atoms with Crippen LogP contribution in [0.3, 0.4) is 0 Å². The number of rotatable bonds is 3. The molecule has 1 aliphatic heterocycles. The molecule has 3 aromatic carbocycles. The van der Waals surface area contributed by atoms with Crippen molar-refractivity contribution in [3.63, 3.8) is 0 Å². The zero-order valence-corrected chi connectivity index (χ0v) is 17.4. The number of carbonyl (C=O) groups is 1. The van der Waals surface area contributed by atoms with E-state index in [-0.39, 0.29) is 5.56 Å². The summed E-state index contributed by atoms with van der Waals surface area (Å²) in [7, 11) is 0. The number of aromatic nitrogens is 2. The first-order chi connectivity index (χ1) is 15.0. The number of ether oxygens (including phenoxy) is 1. The molecule has 0 amide bonds. The molecular formula is C26H22N2O3. The maximum Gasteiger partial charge on any atom is 0.335 e. The fraction of sp³-hybridized carbons (Fsp3) is 0.154. The molecule has 0 unspecified atom stereocenters. The third kappa shape index (κ3) is 3.38. The number of para-hydroxylation sites is 1. The van der Waals surface area contributed by atoms with Crippen molar-refractivity contribution >= 4 is 22.6 Å². The fourth-order valence-electron chi connectivity index (χ4n) is 4.07. The van der Waals surface area contributed by atoms with Gasteiger partial charge in [0.2, 0.25) is 0 Å². The molecule has 5 nitrogen and oxygen atoms in total. The molecule has 1 aliphatic rings. The number of aryl methyl sites for hydroxylation is 2. The second-order valence-electron chi connectivity index (χ2n) is 7.90. The van der Waals surface area contributed by atoms with E-state index in [0.29, 0.717) is 13.2 Å². The molecule has 0 saturated heterocycles. The van der Waals surface area contributed by atoms with Gasteiger partial charge in [-0.05, 0) is 72.0 Å². The zero-order chi connectivity index (χ0) is 21.5. The summed E-state index contributed by atoms with van der Waals surface area (Å²) in [4.78, 5) is 16.2. The van der Waals surface area contributed by atoms with E-state index in [1.165, 1.54) is 11.1 Å². The van der Waals surface area contributed by atoms with Gasteiger partial charge in [-0.1, -0.05) is 30.3 Å². The van der Waals surface area contributed by atoms with Crippen molar-refractivity contribution in [2.45, 2.75) is 27.0 Å².